The lowest BCUT2D eigenvalue weighted by Crippen LogP contribution is -2.06. The Balaban J connectivity index is 2.68. The van der Waals surface area contributed by atoms with Gasteiger partial charge in [0.25, 0.3) is 0 Å². The van der Waals surface area contributed by atoms with Gasteiger partial charge in [-0.3, -0.25) is 4.98 Å². The van der Waals surface area contributed by atoms with Crippen LogP contribution in [0.4, 0.5) is 0 Å². The molecule has 0 aliphatic rings. The fourth-order valence-corrected chi connectivity index (χ4v) is 2.17. The van der Waals surface area contributed by atoms with Crippen molar-refractivity contribution in [3.63, 3.8) is 0 Å². The zero-order valence-corrected chi connectivity index (χ0v) is 12.2. The zero-order valence-electron chi connectivity index (χ0n) is 11.4. The molecular formula is C14H14ClNO4. The molecule has 0 aliphatic carbocycles. The number of benzene rings is 1. The van der Waals surface area contributed by atoms with Gasteiger partial charge in [-0.05, 0) is 6.92 Å². The van der Waals surface area contributed by atoms with Gasteiger partial charge < -0.3 is 14.2 Å². The van der Waals surface area contributed by atoms with Crippen molar-refractivity contribution in [1.29, 1.82) is 0 Å². The van der Waals surface area contributed by atoms with E-state index < -0.39 is 5.97 Å². The van der Waals surface area contributed by atoms with E-state index in [2.05, 4.69) is 4.98 Å². The Hall–Kier alpha value is -2.01. The quantitative estimate of drug-likeness (QED) is 0.811. The molecule has 0 fully saturated rings. The van der Waals surface area contributed by atoms with E-state index in [0.717, 1.165) is 0 Å². The van der Waals surface area contributed by atoms with Crippen LogP contribution in [0.15, 0.2) is 18.3 Å². The maximum Gasteiger partial charge on any atom is 0.341 e. The third-order valence-electron chi connectivity index (χ3n) is 2.79. The Labute approximate surface area is 121 Å². The van der Waals surface area contributed by atoms with Gasteiger partial charge in [-0.25, -0.2) is 4.79 Å². The number of nitrogens with zero attached hydrogens (tertiary/aromatic N) is 1. The minimum Gasteiger partial charge on any atom is -0.497 e. The molecule has 0 radical (unpaired) electrons. The van der Waals surface area contributed by atoms with E-state index in [-0.39, 0.29) is 17.2 Å². The minimum absolute atomic E-state index is 0.212. The number of ether oxygens (including phenoxy) is 3. The van der Waals surface area contributed by atoms with Gasteiger partial charge in [0.1, 0.15) is 11.5 Å². The molecule has 1 aromatic carbocycles. The second-order valence-electron chi connectivity index (χ2n) is 3.93. The highest BCUT2D eigenvalue weighted by molar-refractivity contribution is 6.38. The zero-order chi connectivity index (χ0) is 14.7. The van der Waals surface area contributed by atoms with Crippen LogP contribution in [0.5, 0.6) is 11.5 Å². The van der Waals surface area contributed by atoms with Gasteiger partial charge in [0, 0.05) is 18.3 Å². The van der Waals surface area contributed by atoms with Gasteiger partial charge in [-0.15, -0.1) is 0 Å². The third-order valence-corrected chi connectivity index (χ3v) is 3.19. The summed E-state index contributed by atoms with van der Waals surface area (Å²) in [6, 6.07) is 3.41. The van der Waals surface area contributed by atoms with Crippen LogP contribution in [-0.4, -0.2) is 31.8 Å². The number of rotatable bonds is 4. The van der Waals surface area contributed by atoms with Crippen molar-refractivity contribution in [2.24, 2.45) is 0 Å². The molecule has 1 heterocycles. The predicted molar refractivity (Wildman–Crippen MR) is 75.8 cm³/mol. The normalized spacial score (nSPS) is 10.4. The molecule has 1 aromatic heterocycles. The first-order chi connectivity index (χ1) is 9.62. The number of hydrogen-bond donors (Lipinski definition) is 0. The Kier molecular flexibility index (Phi) is 4.29. The Bertz CT molecular complexity index is 657. The van der Waals surface area contributed by atoms with Gasteiger partial charge in [-0.1, -0.05) is 11.6 Å². The Morgan fingerprint density at radius 1 is 1.30 bits per heavy atom. The van der Waals surface area contributed by atoms with Crippen LogP contribution in [0.1, 0.15) is 17.3 Å². The van der Waals surface area contributed by atoms with Gasteiger partial charge in [-0.2, -0.15) is 0 Å². The molecule has 0 saturated carbocycles. The lowest BCUT2D eigenvalue weighted by Gasteiger charge is -2.11. The number of esters is 1. The molecule has 0 aliphatic heterocycles. The van der Waals surface area contributed by atoms with Crippen molar-refractivity contribution in [2.75, 3.05) is 20.8 Å². The van der Waals surface area contributed by atoms with Crippen molar-refractivity contribution in [3.05, 3.63) is 28.9 Å². The van der Waals surface area contributed by atoms with E-state index in [4.69, 9.17) is 25.8 Å². The number of hydrogen-bond acceptors (Lipinski definition) is 5. The summed E-state index contributed by atoms with van der Waals surface area (Å²) >= 11 is 6.29. The first-order valence-electron chi connectivity index (χ1n) is 5.99. The summed E-state index contributed by atoms with van der Waals surface area (Å²) < 4.78 is 15.4. The number of pyridine rings is 1. The molecule has 2 aromatic rings. The Morgan fingerprint density at radius 2 is 2.05 bits per heavy atom. The molecule has 6 heteroatoms. The molecular weight excluding hydrogens is 282 g/mol. The molecule has 0 N–H and O–H groups in total. The lowest BCUT2D eigenvalue weighted by atomic mass is 10.1. The minimum atomic E-state index is -0.509. The maximum atomic E-state index is 11.8. The smallest absolute Gasteiger partial charge is 0.341 e. The number of halogens is 1. The summed E-state index contributed by atoms with van der Waals surface area (Å²) in [4.78, 5) is 16.0. The fraction of sp³-hybridized carbons (Fsp3) is 0.286. The fourth-order valence-electron chi connectivity index (χ4n) is 1.85. The van der Waals surface area contributed by atoms with Crippen LogP contribution in [0.2, 0.25) is 5.02 Å². The molecule has 0 atom stereocenters. The van der Waals surface area contributed by atoms with Gasteiger partial charge >= 0.3 is 5.97 Å². The van der Waals surface area contributed by atoms with Crippen molar-refractivity contribution in [3.8, 4) is 11.5 Å². The van der Waals surface area contributed by atoms with Crippen LogP contribution < -0.4 is 9.47 Å². The van der Waals surface area contributed by atoms with Crippen molar-refractivity contribution in [1.82, 2.24) is 4.98 Å². The van der Waals surface area contributed by atoms with E-state index >= 15 is 0 Å². The van der Waals surface area contributed by atoms with E-state index in [9.17, 15) is 4.79 Å². The number of aromatic nitrogens is 1. The third kappa shape index (κ3) is 2.49. The molecule has 2 rings (SSSR count). The average molecular weight is 296 g/mol. The summed E-state index contributed by atoms with van der Waals surface area (Å²) in [5, 5.41) is 0.813. The number of fused-ring (bicyclic) bond motifs is 1. The second kappa shape index (κ2) is 5.96. The topological polar surface area (TPSA) is 57.7 Å². The molecule has 20 heavy (non-hydrogen) atoms. The molecule has 0 amide bonds. The Morgan fingerprint density at radius 3 is 2.65 bits per heavy atom. The highest BCUT2D eigenvalue weighted by atomic mass is 35.5. The molecule has 0 bridgehead atoms. The van der Waals surface area contributed by atoms with Crippen molar-refractivity contribution < 1.29 is 19.0 Å². The van der Waals surface area contributed by atoms with E-state index in [1.807, 2.05) is 0 Å². The average Bonchev–Trinajstić information content (AvgIpc) is 2.46. The molecule has 5 nitrogen and oxygen atoms in total. The van der Waals surface area contributed by atoms with Gasteiger partial charge in [0.2, 0.25) is 0 Å². The summed E-state index contributed by atoms with van der Waals surface area (Å²) in [6.45, 7) is 2.00. The number of carbonyl (C=O) groups is 1. The van der Waals surface area contributed by atoms with Crippen LogP contribution in [-0.2, 0) is 4.74 Å². The van der Waals surface area contributed by atoms with Crippen LogP contribution in [0, 0.1) is 0 Å². The summed E-state index contributed by atoms with van der Waals surface area (Å²) in [7, 11) is 3.07. The molecule has 106 valence electrons. The lowest BCUT2D eigenvalue weighted by molar-refractivity contribution is 0.0526. The van der Waals surface area contributed by atoms with Crippen LogP contribution in [0.3, 0.4) is 0 Å². The van der Waals surface area contributed by atoms with Crippen LogP contribution >= 0.6 is 11.6 Å². The second-order valence-corrected chi connectivity index (χ2v) is 4.31. The maximum absolute atomic E-state index is 11.8. The molecule has 0 saturated heterocycles. The van der Waals surface area contributed by atoms with E-state index in [0.29, 0.717) is 22.4 Å². The van der Waals surface area contributed by atoms with E-state index in [1.165, 1.54) is 13.3 Å². The highest BCUT2D eigenvalue weighted by Gasteiger charge is 2.18. The van der Waals surface area contributed by atoms with Gasteiger partial charge in [0.15, 0.2) is 0 Å². The van der Waals surface area contributed by atoms with Crippen molar-refractivity contribution >= 4 is 28.5 Å². The summed E-state index contributed by atoms with van der Waals surface area (Å²) in [5.41, 5.74) is 0.795. The molecule has 0 unspecified atom stereocenters. The van der Waals surface area contributed by atoms with E-state index in [1.54, 1.807) is 26.2 Å². The van der Waals surface area contributed by atoms with Crippen LogP contribution in [0.25, 0.3) is 10.9 Å². The highest BCUT2D eigenvalue weighted by Crippen LogP contribution is 2.36. The first kappa shape index (κ1) is 14.4. The number of methoxy groups -OCH3 is 2. The standard InChI is InChI=1S/C14H14ClNO4/c1-4-20-14(17)9-7-16-10-5-8(18-2)6-11(19-3)12(10)13(9)15/h5-7H,4H2,1-3H3. The van der Waals surface area contributed by atoms with Gasteiger partial charge in [0.05, 0.1) is 42.3 Å². The molecule has 0 spiro atoms. The SMILES string of the molecule is CCOC(=O)c1cnc2cc(OC)cc(OC)c2c1Cl. The summed E-state index contributed by atoms with van der Waals surface area (Å²) in [6.07, 6.45) is 1.39. The largest absolute Gasteiger partial charge is 0.497 e. The monoisotopic (exact) mass is 295 g/mol. The number of carbonyl (C=O) groups excluding carboxylic acids is 1. The predicted octanol–water partition coefficient (Wildman–Crippen LogP) is 3.08. The van der Waals surface area contributed by atoms with Crippen molar-refractivity contribution in [2.45, 2.75) is 6.92 Å². The summed E-state index contributed by atoms with van der Waals surface area (Å²) in [5.74, 6) is 0.578. The first-order valence-corrected chi connectivity index (χ1v) is 6.37.